The molecule has 0 unspecified atom stereocenters. The van der Waals surface area contributed by atoms with E-state index in [1.165, 1.54) is 17.1 Å². The van der Waals surface area contributed by atoms with Crippen molar-refractivity contribution in [1.82, 2.24) is 4.90 Å². The second-order valence-electron chi connectivity index (χ2n) is 2.00. The highest BCUT2D eigenvalue weighted by Crippen LogP contribution is 2.01. The molecule has 1 aliphatic rings. The van der Waals surface area contributed by atoms with Crippen LogP contribution in [0.2, 0.25) is 0 Å². The summed E-state index contributed by atoms with van der Waals surface area (Å²) >= 11 is 0. The summed E-state index contributed by atoms with van der Waals surface area (Å²) in [6.07, 6.45) is 2.84. The Balaban J connectivity index is 2.60. The summed E-state index contributed by atoms with van der Waals surface area (Å²) in [4.78, 5) is 12.2. The molecule has 1 aliphatic heterocycles. The van der Waals surface area contributed by atoms with Crippen LogP contribution in [-0.2, 0) is 4.79 Å². The average molecular weight is 139 g/mol. The summed E-state index contributed by atoms with van der Waals surface area (Å²) in [5.74, 6) is 0.0888. The van der Waals surface area contributed by atoms with Crippen LogP contribution in [0.3, 0.4) is 0 Å². The highest BCUT2D eigenvalue weighted by atomic mass is 16.2. The third-order valence-electron chi connectivity index (χ3n) is 1.29. The number of hydrogen-bond donors (Lipinski definition) is 2. The molecule has 54 valence electrons. The normalized spacial score (nSPS) is 17.1. The Hall–Kier alpha value is -1.16. The molecule has 4 heteroatoms. The SMILES string of the molecule is N=C1C=CC(=O)N1CCN. The number of nitrogens with two attached hydrogens (primary N) is 1. The molecule has 0 fully saturated rings. The van der Waals surface area contributed by atoms with E-state index in [0.717, 1.165) is 0 Å². The molecule has 0 atom stereocenters. The van der Waals surface area contributed by atoms with Gasteiger partial charge in [0.05, 0.1) is 0 Å². The van der Waals surface area contributed by atoms with Crippen molar-refractivity contribution in [3.63, 3.8) is 0 Å². The largest absolute Gasteiger partial charge is 0.329 e. The predicted molar refractivity (Wildman–Crippen MR) is 37.6 cm³/mol. The zero-order valence-electron chi connectivity index (χ0n) is 5.50. The molecule has 1 rings (SSSR count). The maximum absolute atomic E-state index is 10.8. The predicted octanol–water partition coefficient (Wildman–Crippen LogP) is -0.679. The first-order valence-corrected chi connectivity index (χ1v) is 3.04. The minimum atomic E-state index is -0.143. The first-order chi connectivity index (χ1) is 4.75. The van der Waals surface area contributed by atoms with Gasteiger partial charge in [0.1, 0.15) is 5.84 Å². The second kappa shape index (κ2) is 2.62. The van der Waals surface area contributed by atoms with Crippen molar-refractivity contribution >= 4 is 11.7 Å². The van der Waals surface area contributed by atoms with Crippen LogP contribution in [0, 0.1) is 5.41 Å². The fourth-order valence-electron chi connectivity index (χ4n) is 0.809. The number of hydrogen-bond acceptors (Lipinski definition) is 3. The van der Waals surface area contributed by atoms with Crippen LogP contribution < -0.4 is 5.73 Å². The smallest absolute Gasteiger partial charge is 0.252 e. The Morgan fingerprint density at radius 3 is 2.70 bits per heavy atom. The topological polar surface area (TPSA) is 70.2 Å². The van der Waals surface area contributed by atoms with Gasteiger partial charge in [-0.15, -0.1) is 0 Å². The fourth-order valence-corrected chi connectivity index (χ4v) is 0.809. The molecule has 0 aliphatic carbocycles. The molecule has 10 heavy (non-hydrogen) atoms. The van der Waals surface area contributed by atoms with Crippen LogP contribution >= 0.6 is 0 Å². The Bertz CT molecular complexity index is 179. The molecule has 0 aromatic rings. The molecule has 0 saturated carbocycles. The van der Waals surface area contributed by atoms with Crippen molar-refractivity contribution in [1.29, 1.82) is 5.41 Å². The third kappa shape index (κ3) is 1.06. The monoisotopic (exact) mass is 139 g/mol. The Labute approximate surface area is 58.8 Å². The number of amides is 1. The highest BCUT2D eigenvalue weighted by Gasteiger charge is 2.18. The van der Waals surface area contributed by atoms with Crippen LogP contribution in [0.5, 0.6) is 0 Å². The first-order valence-electron chi connectivity index (χ1n) is 3.04. The van der Waals surface area contributed by atoms with E-state index in [0.29, 0.717) is 13.1 Å². The van der Waals surface area contributed by atoms with Gasteiger partial charge in [-0.2, -0.15) is 0 Å². The number of nitrogens with zero attached hydrogens (tertiary/aromatic N) is 1. The molecular weight excluding hydrogens is 130 g/mol. The lowest BCUT2D eigenvalue weighted by molar-refractivity contribution is -0.121. The molecule has 0 spiro atoms. The number of amidine groups is 1. The molecule has 0 bridgehead atoms. The summed E-state index contributed by atoms with van der Waals surface area (Å²) in [7, 11) is 0. The Morgan fingerprint density at radius 2 is 2.30 bits per heavy atom. The van der Waals surface area contributed by atoms with E-state index in [1.807, 2.05) is 0 Å². The van der Waals surface area contributed by atoms with Crippen molar-refractivity contribution < 1.29 is 4.79 Å². The maximum Gasteiger partial charge on any atom is 0.252 e. The number of rotatable bonds is 2. The number of nitrogens with one attached hydrogen (secondary N) is 1. The highest BCUT2D eigenvalue weighted by molar-refractivity contribution is 6.14. The summed E-state index contributed by atoms with van der Waals surface area (Å²) in [5, 5.41) is 7.20. The Kier molecular flexibility index (Phi) is 1.82. The molecule has 0 saturated heterocycles. The number of carbonyl (C=O) groups excluding carboxylic acids is 1. The van der Waals surface area contributed by atoms with E-state index < -0.39 is 0 Å². The summed E-state index contributed by atoms with van der Waals surface area (Å²) < 4.78 is 0. The lowest BCUT2D eigenvalue weighted by atomic mass is 10.5. The standard InChI is InChI=1S/C6H9N3O/c7-3-4-9-5(8)1-2-6(9)10/h1-2,8H,3-4,7H2. The molecular formula is C6H9N3O. The van der Waals surface area contributed by atoms with Gasteiger partial charge in [0.2, 0.25) is 0 Å². The maximum atomic E-state index is 10.8. The van der Waals surface area contributed by atoms with Crippen LogP contribution in [-0.4, -0.2) is 29.7 Å². The van der Waals surface area contributed by atoms with Crippen LogP contribution in [0.1, 0.15) is 0 Å². The zero-order valence-corrected chi connectivity index (χ0v) is 5.50. The van der Waals surface area contributed by atoms with E-state index in [-0.39, 0.29) is 11.7 Å². The summed E-state index contributed by atoms with van der Waals surface area (Å²) in [6, 6.07) is 0. The van der Waals surface area contributed by atoms with Crippen molar-refractivity contribution in [2.24, 2.45) is 5.73 Å². The fraction of sp³-hybridized carbons (Fsp3) is 0.333. The zero-order chi connectivity index (χ0) is 7.56. The minimum absolute atomic E-state index is 0.143. The molecule has 0 aromatic carbocycles. The van der Waals surface area contributed by atoms with Gasteiger partial charge in [-0.05, 0) is 6.08 Å². The quantitative estimate of drug-likeness (QED) is 0.532. The van der Waals surface area contributed by atoms with Gasteiger partial charge in [-0.1, -0.05) is 0 Å². The lowest BCUT2D eigenvalue weighted by Gasteiger charge is -2.13. The average Bonchev–Trinajstić information content (AvgIpc) is 2.20. The minimum Gasteiger partial charge on any atom is -0.329 e. The molecule has 1 heterocycles. The van der Waals surface area contributed by atoms with Crippen molar-refractivity contribution in [3.05, 3.63) is 12.2 Å². The van der Waals surface area contributed by atoms with Crippen molar-refractivity contribution in [3.8, 4) is 0 Å². The van der Waals surface area contributed by atoms with Gasteiger partial charge < -0.3 is 5.73 Å². The summed E-state index contributed by atoms with van der Waals surface area (Å²) in [5.41, 5.74) is 5.21. The van der Waals surface area contributed by atoms with Gasteiger partial charge in [0.15, 0.2) is 0 Å². The van der Waals surface area contributed by atoms with E-state index >= 15 is 0 Å². The van der Waals surface area contributed by atoms with Crippen LogP contribution in [0.15, 0.2) is 12.2 Å². The van der Waals surface area contributed by atoms with Gasteiger partial charge in [-0.25, -0.2) is 0 Å². The Morgan fingerprint density at radius 1 is 1.60 bits per heavy atom. The van der Waals surface area contributed by atoms with Crippen molar-refractivity contribution in [2.75, 3.05) is 13.1 Å². The van der Waals surface area contributed by atoms with Gasteiger partial charge in [0.25, 0.3) is 5.91 Å². The molecule has 0 radical (unpaired) electrons. The van der Waals surface area contributed by atoms with Gasteiger partial charge in [-0.3, -0.25) is 15.1 Å². The van der Waals surface area contributed by atoms with E-state index in [2.05, 4.69) is 0 Å². The second-order valence-corrected chi connectivity index (χ2v) is 2.00. The first kappa shape index (κ1) is 6.95. The van der Waals surface area contributed by atoms with Gasteiger partial charge >= 0.3 is 0 Å². The van der Waals surface area contributed by atoms with E-state index in [4.69, 9.17) is 11.1 Å². The molecule has 1 amide bonds. The van der Waals surface area contributed by atoms with Crippen LogP contribution in [0.25, 0.3) is 0 Å². The number of carbonyl (C=O) groups is 1. The lowest BCUT2D eigenvalue weighted by Crippen LogP contribution is -2.34. The molecule has 3 N–H and O–H groups in total. The molecule has 4 nitrogen and oxygen atoms in total. The third-order valence-corrected chi connectivity index (χ3v) is 1.29. The molecule has 0 aromatic heterocycles. The van der Waals surface area contributed by atoms with Crippen molar-refractivity contribution in [2.45, 2.75) is 0 Å². The van der Waals surface area contributed by atoms with Crippen LogP contribution in [0.4, 0.5) is 0 Å². The summed E-state index contributed by atoms with van der Waals surface area (Å²) in [6.45, 7) is 0.834. The van der Waals surface area contributed by atoms with E-state index in [9.17, 15) is 4.79 Å². The van der Waals surface area contributed by atoms with E-state index in [1.54, 1.807) is 0 Å². The van der Waals surface area contributed by atoms with Gasteiger partial charge in [0, 0.05) is 19.2 Å².